The third-order valence-electron chi connectivity index (χ3n) is 7.15. The first kappa shape index (κ1) is 29.5. The van der Waals surface area contributed by atoms with Crippen molar-refractivity contribution in [1.82, 2.24) is 25.2 Å². The van der Waals surface area contributed by atoms with Crippen LogP contribution in [0, 0.1) is 18.6 Å². The van der Waals surface area contributed by atoms with E-state index in [1.807, 2.05) is 6.92 Å². The van der Waals surface area contributed by atoms with Crippen molar-refractivity contribution in [2.45, 2.75) is 58.7 Å². The molecule has 10 nitrogen and oxygen atoms in total. The molecular weight excluding hydrogens is 560 g/mol. The van der Waals surface area contributed by atoms with E-state index in [4.69, 9.17) is 4.74 Å². The van der Waals surface area contributed by atoms with Gasteiger partial charge < -0.3 is 15.4 Å². The summed E-state index contributed by atoms with van der Waals surface area (Å²) < 4.78 is 33.5. The molecule has 0 spiro atoms. The molecule has 1 aliphatic carbocycles. The standard InChI is InChI=1S/C31H29F2N5O5/c1-16-19-8-10-24(21(19)7-6-20(16)30(42)43-31(2,3)4)37-29(41)26-12-25(36-27-18(15-39)14-35-38(26)27)28(40)34-13-17-5-9-22(32)23(33)11-17/h5-7,9,11-12,14-15,24H,8,10,13H2,1-4H3,(H,34,40)(H,37,41)/t24-/m0/s1. The topological polar surface area (TPSA) is 132 Å². The number of amides is 2. The van der Waals surface area contributed by atoms with Crippen molar-refractivity contribution in [2.24, 2.45) is 0 Å². The zero-order chi connectivity index (χ0) is 31.1. The van der Waals surface area contributed by atoms with Gasteiger partial charge in [0.1, 0.15) is 17.0 Å². The summed E-state index contributed by atoms with van der Waals surface area (Å²) in [5.41, 5.74) is 2.61. The Balaban J connectivity index is 1.40. The Kier molecular flexibility index (Phi) is 7.78. The summed E-state index contributed by atoms with van der Waals surface area (Å²) in [6.45, 7) is 7.12. The number of nitrogens with zero attached hydrogens (tertiary/aromatic N) is 3. The molecule has 12 heteroatoms. The molecule has 4 aromatic rings. The highest BCUT2D eigenvalue weighted by Crippen LogP contribution is 2.35. The molecule has 0 aliphatic heterocycles. The summed E-state index contributed by atoms with van der Waals surface area (Å²) in [5, 5.41) is 9.66. The van der Waals surface area contributed by atoms with Crippen molar-refractivity contribution in [3.05, 3.63) is 99.0 Å². The molecule has 0 bridgehead atoms. The number of hydrogen-bond donors (Lipinski definition) is 2. The summed E-state index contributed by atoms with van der Waals surface area (Å²) in [5.74, 6) is -3.74. The summed E-state index contributed by atoms with van der Waals surface area (Å²) in [6.07, 6.45) is 2.96. The molecule has 43 heavy (non-hydrogen) atoms. The van der Waals surface area contributed by atoms with Crippen LogP contribution in [0.25, 0.3) is 5.65 Å². The number of hydrogen-bond acceptors (Lipinski definition) is 7. The minimum atomic E-state index is -1.05. The number of benzene rings is 2. The largest absolute Gasteiger partial charge is 0.456 e. The fourth-order valence-corrected chi connectivity index (χ4v) is 5.08. The maximum absolute atomic E-state index is 13.6. The molecule has 2 aromatic heterocycles. The zero-order valence-corrected chi connectivity index (χ0v) is 24.0. The van der Waals surface area contributed by atoms with Crippen molar-refractivity contribution >= 4 is 29.7 Å². The van der Waals surface area contributed by atoms with Crippen molar-refractivity contribution in [3.8, 4) is 0 Å². The first-order valence-corrected chi connectivity index (χ1v) is 13.6. The van der Waals surface area contributed by atoms with Crippen LogP contribution in [0.4, 0.5) is 8.78 Å². The molecule has 2 aromatic carbocycles. The normalized spacial score (nSPS) is 14.3. The van der Waals surface area contributed by atoms with Crippen LogP contribution >= 0.6 is 0 Å². The number of carbonyl (C=O) groups is 4. The molecule has 1 aliphatic rings. The highest BCUT2D eigenvalue weighted by atomic mass is 19.2. The van der Waals surface area contributed by atoms with E-state index >= 15 is 0 Å². The number of fused-ring (bicyclic) bond motifs is 2. The molecule has 2 heterocycles. The Bertz CT molecular complexity index is 1790. The molecule has 0 saturated carbocycles. The van der Waals surface area contributed by atoms with Gasteiger partial charge in [-0.05, 0) is 81.0 Å². The van der Waals surface area contributed by atoms with Crippen molar-refractivity contribution in [2.75, 3.05) is 0 Å². The Labute approximate surface area is 245 Å². The van der Waals surface area contributed by atoms with Crippen LogP contribution in [-0.2, 0) is 17.7 Å². The maximum Gasteiger partial charge on any atom is 0.338 e. The fourth-order valence-electron chi connectivity index (χ4n) is 5.08. The average Bonchev–Trinajstić information content (AvgIpc) is 3.56. The van der Waals surface area contributed by atoms with E-state index in [2.05, 4.69) is 20.7 Å². The second-order valence-corrected chi connectivity index (χ2v) is 11.3. The number of carbonyl (C=O) groups excluding carboxylic acids is 4. The minimum Gasteiger partial charge on any atom is -0.456 e. The summed E-state index contributed by atoms with van der Waals surface area (Å²) in [7, 11) is 0. The van der Waals surface area contributed by atoms with E-state index in [1.54, 1.807) is 32.9 Å². The number of aromatic nitrogens is 3. The van der Waals surface area contributed by atoms with Crippen molar-refractivity contribution in [3.63, 3.8) is 0 Å². The van der Waals surface area contributed by atoms with E-state index in [9.17, 15) is 28.0 Å². The summed E-state index contributed by atoms with van der Waals surface area (Å²) in [4.78, 5) is 55.2. The number of esters is 1. The Hall–Kier alpha value is -5.00. The first-order valence-electron chi connectivity index (χ1n) is 13.6. The number of aldehydes is 1. The fraction of sp³-hybridized carbons (Fsp3) is 0.290. The summed E-state index contributed by atoms with van der Waals surface area (Å²) in [6, 6.07) is 7.60. The van der Waals surface area contributed by atoms with Gasteiger partial charge in [0.25, 0.3) is 11.8 Å². The van der Waals surface area contributed by atoms with Crippen LogP contribution in [0.15, 0.2) is 42.6 Å². The molecule has 222 valence electrons. The Morgan fingerprint density at radius 2 is 1.86 bits per heavy atom. The van der Waals surface area contributed by atoms with E-state index in [1.165, 1.54) is 22.8 Å². The lowest BCUT2D eigenvalue weighted by Crippen LogP contribution is -2.31. The van der Waals surface area contributed by atoms with Gasteiger partial charge in [-0.1, -0.05) is 12.1 Å². The number of ether oxygens (including phenoxy) is 1. The Morgan fingerprint density at radius 1 is 1.09 bits per heavy atom. The second-order valence-electron chi connectivity index (χ2n) is 11.3. The van der Waals surface area contributed by atoms with E-state index in [0.717, 1.165) is 28.8 Å². The molecule has 0 unspecified atom stereocenters. The number of halogens is 2. The number of nitrogens with one attached hydrogen (secondary N) is 2. The van der Waals surface area contributed by atoms with Crippen LogP contribution in [0.2, 0.25) is 0 Å². The zero-order valence-electron chi connectivity index (χ0n) is 24.0. The van der Waals surface area contributed by atoms with Gasteiger partial charge in [0.15, 0.2) is 23.6 Å². The lowest BCUT2D eigenvalue weighted by Gasteiger charge is -2.21. The van der Waals surface area contributed by atoms with E-state index in [0.29, 0.717) is 30.3 Å². The molecular formula is C31H29F2N5O5. The minimum absolute atomic E-state index is 0.00490. The molecule has 1 atom stereocenters. The maximum atomic E-state index is 13.6. The van der Waals surface area contributed by atoms with Crippen molar-refractivity contribution < 1.29 is 32.7 Å². The van der Waals surface area contributed by atoms with Gasteiger partial charge in [0, 0.05) is 12.6 Å². The lowest BCUT2D eigenvalue weighted by atomic mass is 9.97. The van der Waals surface area contributed by atoms with E-state index in [-0.39, 0.29) is 35.2 Å². The van der Waals surface area contributed by atoms with Gasteiger partial charge in [-0.15, -0.1) is 0 Å². The highest BCUT2D eigenvalue weighted by Gasteiger charge is 2.30. The third kappa shape index (κ3) is 5.99. The van der Waals surface area contributed by atoms with Gasteiger partial charge in [-0.3, -0.25) is 14.4 Å². The van der Waals surface area contributed by atoms with Gasteiger partial charge in [0.2, 0.25) is 0 Å². The second kappa shape index (κ2) is 11.3. The van der Waals surface area contributed by atoms with Crippen LogP contribution in [-0.4, -0.2) is 44.3 Å². The average molecular weight is 590 g/mol. The quantitative estimate of drug-likeness (QED) is 0.241. The molecule has 2 N–H and O–H groups in total. The van der Waals surface area contributed by atoms with Gasteiger partial charge in [-0.25, -0.2) is 23.1 Å². The van der Waals surface area contributed by atoms with Crippen LogP contribution in [0.3, 0.4) is 0 Å². The molecule has 0 fully saturated rings. The predicted octanol–water partition coefficient (Wildman–Crippen LogP) is 4.43. The Morgan fingerprint density at radius 3 is 2.56 bits per heavy atom. The molecule has 5 rings (SSSR count). The smallest absolute Gasteiger partial charge is 0.338 e. The number of rotatable bonds is 7. The van der Waals surface area contributed by atoms with Crippen LogP contribution in [0.1, 0.15) is 97.2 Å². The lowest BCUT2D eigenvalue weighted by molar-refractivity contribution is 0.00682. The molecule has 0 radical (unpaired) electrons. The van der Waals surface area contributed by atoms with E-state index < -0.39 is 35.0 Å². The van der Waals surface area contributed by atoms with Crippen LogP contribution < -0.4 is 10.6 Å². The van der Waals surface area contributed by atoms with Gasteiger partial charge in [-0.2, -0.15) is 5.10 Å². The third-order valence-corrected chi connectivity index (χ3v) is 7.15. The van der Waals surface area contributed by atoms with Crippen LogP contribution in [0.5, 0.6) is 0 Å². The predicted molar refractivity (Wildman–Crippen MR) is 151 cm³/mol. The van der Waals surface area contributed by atoms with Crippen molar-refractivity contribution in [1.29, 1.82) is 0 Å². The molecule has 2 amide bonds. The highest BCUT2D eigenvalue weighted by molar-refractivity contribution is 5.99. The van der Waals surface area contributed by atoms with Gasteiger partial charge >= 0.3 is 5.97 Å². The van der Waals surface area contributed by atoms with Gasteiger partial charge in [0.05, 0.1) is 23.4 Å². The SMILES string of the molecule is Cc1c(C(=O)OC(C)(C)C)ccc2c1CC[C@@H]2NC(=O)c1cc(C(=O)NCc2ccc(F)c(F)c2)nc2c(C=O)cnn12. The monoisotopic (exact) mass is 589 g/mol. The summed E-state index contributed by atoms with van der Waals surface area (Å²) >= 11 is 0. The first-order chi connectivity index (χ1) is 20.4. The molecule has 0 saturated heterocycles.